The molecule has 1 amide bonds. The summed E-state index contributed by atoms with van der Waals surface area (Å²) in [6.45, 7) is 0. The lowest BCUT2D eigenvalue weighted by atomic mass is 10.0. The van der Waals surface area contributed by atoms with Crippen LogP contribution in [-0.4, -0.2) is 21.1 Å². The lowest BCUT2D eigenvalue weighted by Gasteiger charge is -2.07. The van der Waals surface area contributed by atoms with Crippen LogP contribution >= 0.6 is 0 Å². The summed E-state index contributed by atoms with van der Waals surface area (Å²) in [6, 6.07) is 8.79. The van der Waals surface area contributed by atoms with Gasteiger partial charge in [-0.05, 0) is 18.2 Å². The third-order valence-electron chi connectivity index (χ3n) is 2.92. The number of carbonyl (C=O) groups excluding carboxylic acids is 1. The Kier molecular flexibility index (Phi) is 2.42. The van der Waals surface area contributed by atoms with Crippen molar-refractivity contribution in [2.24, 2.45) is 5.73 Å². The van der Waals surface area contributed by atoms with Gasteiger partial charge < -0.3 is 11.5 Å². The molecule has 5 N–H and O–H groups in total. The number of amides is 1. The van der Waals surface area contributed by atoms with Crippen molar-refractivity contribution >= 4 is 22.6 Å². The maximum absolute atomic E-state index is 11.6. The average Bonchev–Trinajstić information content (AvgIpc) is 2.81. The maximum Gasteiger partial charge on any atom is 0.251 e. The van der Waals surface area contributed by atoms with Crippen LogP contribution in [0.3, 0.4) is 0 Å². The first-order valence-electron chi connectivity index (χ1n) is 5.66. The minimum absolute atomic E-state index is 0.265. The van der Waals surface area contributed by atoms with E-state index in [1.807, 2.05) is 6.07 Å². The van der Waals surface area contributed by atoms with E-state index in [1.165, 1.54) is 0 Å². The predicted molar refractivity (Wildman–Crippen MR) is 72.3 cm³/mol. The fraction of sp³-hybridized carbons (Fsp3) is 0. The number of anilines is 1. The number of pyridine rings is 1. The lowest BCUT2D eigenvalue weighted by Crippen LogP contribution is -2.15. The van der Waals surface area contributed by atoms with Crippen LogP contribution in [0.5, 0.6) is 0 Å². The highest BCUT2D eigenvalue weighted by Crippen LogP contribution is 2.30. The van der Waals surface area contributed by atoms with E-state index in [0.717, 1.165) is 5.52 Å². The Bertz CT molecular complexity index is 778. The second kappa shape index (κ2) is 4.09. The van der Waals surface area contributed by atoms with Gasteiger partial charge in [-0.3, -0.25) is 14.9 Å². The molecule has 3 rings (SSSR count). The van der Waals surface area contributed by atoms with Crippen LogP contribution in [0, 0.1) is 0 Å². The normalized spacial score (nSPS) is 10.7. The second-order valence-electron chi connectivity index (χ2n) is 4.11. The summed E-state index contributed by atoms with van der Waals surface area (Å²) in [5.74, 6) is -0.583. The third kappa shape index (κ3) is 1.70. The van der Waals surface area contributed by atoms with Crippen LogP contribution in [0.2, 0.25) is 0 Å². The Morgan fingerprint density at radius 1 is 1.21 bits per heavy atom. The number of nitrogens with two attached hydrogens (primary N) is 2. The zero-order valence-electron chi connectivity index (χ0n) is 9.92. The molecule has 0 radical (unpaired) electrons. The van der Waals surface area contributed by atoms with Crippen LogP contribution < -0.4 is 11.5 Å². The molecule has 0 aliphatic heterocycles. The van der Waals surface area contributed by atoms with Crippen LogP contribution in [0.15, 0.2) is 36.5 Å². The molecule has 19 heavy (non-hydrogen) atoms. The van der Waals surface area contributed by atoms with E-state index in [2.05, 4.69) is 15.2 Å². The minimum Gasteiger partial charge on any atom is -0.398 e. The van der Waals surface area contributed by atoms with Gasteiger partial charge >= 0.3 is 0 Å². The fourth-order valence-electron chi connectivity index (χ4n) is 2.08. The Labute approximate surface area is 108 Å². The molecule has 0 fully saturated rings. The number of benzene rings is 1. The van der Waals surface area contributed by atoms with Gasteiger partial charge in [-0.25, -0.2) is 0 Å². The van der Waals surface area contributed by atoms with Crippen molar-refractivity contribution in [1.29, 1.82) is 0 Å². The molecule has 3 aromatic rings. The number of fused-ring (bicyclic) bond motifs is 1. The summed E-state index contributed by atoms with van der Waals surface area (Å²) >= 11 is 0. The quantitative estimate of drug-likeness (QED) is 0.598. The number of hydrogen-bond acceptors (Lipinski definition) is 4. The standard InChI is InChI=1S/C13H11N5O/c14-8-4-1-3-7(10(8)13(15)19)11-12-9(17-18-11)5-2-6-16-12/h1-6H,14H2,(H2,15,19)(H,17,18). The first-order valence-corrected chi connectivity index (χ1v) is 5.66. The molecule has 0 spiro atoms. The summed E-state index contributed by atoms with van der Waals surface area (Å²) in [4.78, 5) is 15.8. The maximum atomic E-state index is 11.6. The van der Waals surface area contributed by atoms with Gasteiger partial charge in [0.05, 0.1) is 11.1 Å². The molecule has 0 aliphatic rings. The van der Waals surface area contributed by atoms with Gasteiger partial charge in [-0.2, -0.15) is 5.10 Å². The fourth-order valence-corrected chi connectivity index (χ4v) is 2.08. The lowest BCUT2D eigenvalue weighted by molar-refractivity contribution is 0.100. The number of nitrogens with one attached hydrogen (secondary N) is 1. The summed E-state index contributed by atoms with van der Waals surface area (Å²) in [5.41, 5.74) is 14.4. The molecule has 0 saturated carbocycles. The van der Waals surface area contributed by atoms with Gasteiger partial charge in [0.15, 0.2) is 0 Å². The van der Waals surface area contributed by atoms with Gasteiger partial charge in [0.25, 0.3) is 5.91 Å². The molecular weight excluding hydrogens is 242 g/mol. The molecule has 0 saturated heterocycles. The van der Waals surface area contributed by atoms with Crippen molar-refractivity contribution in [3.8, 4) is 11.3 Å². The van der Waals surface area contributed by atoms with E-state index >= 15 is 0 Å². The molecule has 6 nitrogen and oxygen atoms in total. The zero-order valence-corrected chi connectivity index (χ0v) is 9.92. The second-order valence-corrected chi connectivity index (χ2v) is 4.11. The van der Waals surface area contributed by atoms with E-state index in [1.54, 1.807) is 30.5 Å². The molecule has 0 aliphatic carbocycles. The van der Waals surface area contributed by atoms with E-state index in [-0.39, 0.29) is 5.56 Å². The molecule has 1 aromatic carbocycles. The van der Waals surface area contributed by atoms with Crippen LogP contribution in [-0.2, 0) is 0 Å². The highest BCUT2D eigenvalue weighted by molar-refractivity contribution is 6.06. The van der Waals surface area contributed by atoms with E-state index < -0.39 is 5.91 Å². The van der Waals surface area contributed by atoms with Crippen LogP contribution in [0.25, 0.3) is 22.3 Å². The number of nitrogens with zero attached hydrogens (tertiary/aromatic N) is 2. The Morgan fingerprint density at radius 3 is 2.84 bits per heavy atom. The Hall–Kier alpha value is -2.89. The van der Waals surface area contributed by atoms with Crippen molar-refractivity contribution in [2.45, 2.75) is 0 Å². The Balaban J connectivity index is 2.33. The molecule has 0 unspecified atom stereocenters. The summed E-state index contributed by atoms with van der Waals surface area (Å²) in [6.07, 6.45) is 1.66. The molecule has 6 heteroatoms. The van der Waals surface area contributed by atoms with Crippen molar-refractivity contribution in [2.75, 3.05) is 5.73 Å². The largest absolute Gasteiger partial charge is 0.398 e. The first-order chi connectivity index (χ1) is 9.18. The minimum atomic E-state index is -0.583. The topological polar surface area (TPSA) is 111 Å². The number of hydrogen-bond donors (Lipinski definition) is 3. The third-order valence-corrected chi connectivity index (χ3v) is 2.92. The first kappa shape index (κ1) is 11.2. The number of aromatic amines is 1. The van der Waals surface area contributed by atoms with Crippen LogP contribution in [0.4, 0.5) is 5.69 Å². The van der Waals surface area contributed by atoms with Gasteiger partial charge in [0.2, 0.25) is 0 Å². The molecule has 94 valence electrons. The van der Waals surface area contributed by atoms with Gasteiger partial charge in [0, 0.05) is 17.4 Å². The number of carbonyl (C=O) groups is 1. The van der Waals surface area contributed by atoms with Gasteiger partial charge in [-0.1, -0.05) is 12.1 Å². The number of primary amides is 1. The van der Waals surface area contributed by atoms with E-state index in [0.29, 0.717) is 22.5 Å². The number of aromatic nitrogens is 3. The van der Waals surface area contributed by atoms with Gasteiger partial charge in [0.1, 0.15) is 11.2 Å². The zero-order chi connectivity index (χ0) is 13.4. The molecule has 0 bridgehead atoms. The number of rotatable bonds is 2. The molecule has 0 atom stereocenters. The monoisotopic (exact) mass is 253 g/mol. The van der Waals surface area contributed by atoms with Crippen molar-refractivity contribution in [3.05, 3.63) is 42.1 Å². The Morgan fingerprint density at radius 2 is 2.05 bits per heavy atom. The van der Waals surface area contributed by atoms with Crippen molar-refractivity contribution < 1.29 is 4.79 Å². The molecule has 2 heterocycles. The number of nitrogen functional groups attached to an aromatic ring is 1. The summed E-state index contributed by atoms with van der Waals surface area (Å²) < 4.78 is 0. The highest BCUT2D eigenvalue weighted by atomic mass is 16.1. The predicted octanol–water partition coefficient (Wildman–Crippen LogP) is 1.31. The number of H-pyrrole nitrogens is 1. The summed E-state index contributed by atoms with van der Waals surface area (Å²) in [7, 11) is 0. The van der Waals surface area contributed by atoms with E-state index in [9.17, 15) is 4.79 Å². The highest BCUT2D eigenvalue weighted by Gasteiger charge is 2.17. The molecule has 2 aromatic heterocycles. The van der Waals surface area contributed by atoms with Gasteiger partial charge in [-0.15, -0.1) is 0 Å². The SMILES string of the molecule is NC(=O)c1c(N)cccc1-c1n[nH]c2cccnc12. The van der Waals surface area contributed by atoms with Crippen molar-refractivity contribution in [1.82, 2.24) is 15.2 Å². The molecular formula is C13H11N5O. The van der Waals surface area contributed by atoms with E-state index in [4.69, 9.17) is 11.5 Å². The van der Waals surface area contributed by atoms with Crippen LogP contribution in [0.1, 0.15) is 10.4 Å². The smallest absolute Gasteiger partial charge is 0.251 e. The van der Waals surface area contributed by atoms with Crippen molar-refractivity contribution in [3.63, 3.8) is 0 Å². The average molecular weight is 253 g/mol. The summed E-state index contributed by atoms with van der Waals surface area (Å²) in [5, 5.41) is 7.07.